The van der Waals surface area contributed by atoms with Crippen LogP contribution < -0.4 is 11.1 Å². The molecular formula is C15H28N2O. The van der Waals surface area contributed by atoms with Gasteiger partial charge >= 0.3 is 0 Å². The van der Waals surface area contributed by atoms with Crippen LogP contribution in [0.3, 0.4) is 0 Å². The number of carbonyl (C=O) groups is 1. The van der Waals surface area contributed by atoms with E-state index in [0.29, 0.717) is 17.9 Å². The molecule has 18 heavy (non-hydrogen) atoms. The standard InChI is InChI=1S/C15H28N2O/c1-10-3-4-12(7-10)9-17-15(18)13-5-6-14(16)11(2)8-13/h10-14H,3-9,16H2,1-2H3,(H,17,18). The molecule has 2 rings (SSSR count). The fourth-order valence-corrected chi connectivity index (χ4v) is 3.56. The normalized spacial score (nSPS) is 40.7. The molecule has 2 aliphatic rings. The van der Waals surface area contributed by atoms with Crippen molar-refractivity contribution in [1.29, 1.82) is 0 Å². The van der Waals surface area contributed by atoms with E-state index in [0.717, 1.165) is 31.7 Å². The molecule has 3 heteroatoms. The Labute approximate surface area is 111 Å². The van der Waals surface area contributed by atoms with Crippen LogP contribution in [0.5, 0.6) is 0 Å². The van der Waals surface area contributed by atoms with Crippen LogP contribution in [0.15, 0.2) is 0 Å². The highest BCUT2D eigenvalue weighted by molar-refractivity contribution is 5.78. The topological polar surface area (TPSA) is 55.1 Å². The minimum absolute atomic E-state index is 0.207. The van der Waals surface area contributed by atoms with Gasteiger partial charge in [-0.3, -0.25) is 4.79 Å². The number of hydrogen-bond donors (Lipinski definition) is 2. The highest BCUT2D eigenvalue weighted by Crippen LogP contribution is 2.30. The first-order chi connectivity index (χ1) is 8.56. The Balaban J connectivity index is 1.71. The second-order valence-electron chi connectivity index (χ2n) is 6.68. The van der Waals surface area contributed by atoms with E-state index in [1.54, 1.807) is 0 Å². The monoisotopic (exact) mass is 252 g/mol. The zero-order chi connectivity index (χ0) is 13.1. The van der Waals surface area contributed by atoms with Gasteiger partial charge < -0.3 is 11.1 Å². The van der Waals surface area contributed by atoms with E-state index >= 15 is 0 Å². The molecule has 0 saturated heterocycles. The Hall–Kier alpha value is -0.570. The van der Waals surface area contributed by atoms with Crippen LogP contribution in [0.2, 0.25) is 0 Å². The Bertz CT molecular complexity index is 292. The van der Waals surface area contributed by atoms with Gasteiger partial charge in [-0.05, 0) is 49.9 Å². The van der Waals surface area contributed by atoms with E-state index in [2.05, 4.69) is 19.2 Å². The van der Waals surface area contributed by atoms with Gasteiger partial charge in [0.25, 0.3) is 0 Å². The summed E-state index contributed by atoms with van der Waals surface area (Å²) in [6, 6.07) is 0.296. The quantitative estimate of drug-likeness (QED) is 0.810. The zero-order valence-electron chi connectivity index (χ0n) is 11.8. The van der Waals surface area contributed by atoms with E-state index in [-0.39, 0.29) is 11.8 Å². The zero-order valence-corrected chi connectivity index (χ0v) is 11.8. The number of hydrogen-bond acceptors (Lipinski definition) is 2. The first kappa shape index (κ1) is 13.9. The molecule has 3 nitrogen and oxygen atoms in total. The summed E-state index contributed by atoms with van der Waals surface area (Å²) >= 11 is 0. The van der Waals surface area contributed by atoms with Crippen molar-refractivity contribution in [2.45, 2.75) is 58.4 Å². The summed E-state index contributed by atoms with van der Waals surface area (Å²) in [5.41, 5.74) is 6.00. The van der Waals surface area contributed by atoms with Gasteiger partial charge in [-0.1, -0.05) is 20.3 Å². The van der Waals surface area contributed by atoms with Gasteiger partial charge in [0.15, 0.2) is 0 Å². The van der Waals surface area contributed by atoms with Gasteiger partial charge in [0.2, 0.25) is 5.91 Å². The van der Waals surface area contributed by atoms with Gasteiger partial charge in [-0.15, -0.1) is 0 Å². The van der Waals surface area contributed by atoms with Crippen molar-refractivity contribution in [3.8, 4) is 0 Å². The van der Waals surface area contributed by atoms with Crippen LogP contribution in [-0.2, 0) is 4.79 Å². The fraction of sp³-hybridized carbons (Fsp3) is 0.933. The molecule has 0 radical (unpaired) electrons. The Morgan fingerprint density at radius 2 is 1.94 bits per heavy atom. The molecule has 1 amide bonds. The highest BCUT2D eigenvalue weighted by atomic mass is 16.1. The summed E-state index contributed by atoms with van der Waals surface area (Å²) < 4.78 is 0. The van der Waals surface area contributed by atoms with Crippen molar-refractivity contribution in [3.63, 3.8) is 0 Å². The first-order valence-corrected chi connectivity index (χ1v) is 7.59. The van der Waals surface area contributed by atoms with Gasteiger partial charge in [0, 0.05) is 18.5 Å². The van der Waals surface area contributed by atoms with E-state index in [9.17, 15) is 4.79 Å². The minimum Gasteiger partial charge on any atom is -0.356 e. The highest BCUT2D eigenvalue weighted by Gasteiger charge is 2.30. The molecule has 0 spiro atoms. The molecule has 5 unspecified atom stereocenters. The summed E-state index contributed by atoms with van der Waals surface area (Å²) in [7, 11) is 0. The van der Waals surface area contributed by atoms with Crippen molar-refractivity contribution >= 4 is 5.91 Å². The molecule has 0 aliphatic heterocycles. The van der Waals surface area contributed by atoms with Crippen molar-refractivity contribution in [3.05, 3.63) is 0 Å². The molecule has 104 valence electrons. The van der Waals surface area contributed by atoms with Crippen LogP contribution in [0.1, 0.15) is 52.4 Å². The van der Waals surface area contributed by atoms with Crippen LogP contribution in [0.4, 0.5) is 0 Å². The lowest BCUT2D eigenvalue weighted by Crippen LogP contribution is -2.41. The number of amides is 1. The van der Waals surface area contributed by atoms with Crippen molar-refractivity contribution < 1.29 is 4.79 Å². The molecule has 5 atom stereocenters. The summed E-state index contributed by atoms with van der Waals surface area (Å²) in [4.78, 5) is 12.1. The van der Waals surface area contributed by atoms with Crippen molar-refractivity contribution in [1.82, 2.24) is 5.32 Å². The van der Waals surface area contributed by atoms with Crippen LogP contribution in [-0.4, -0.2) is 18.5 Å². The average molecular weight is 252 g/mol. The molecule has 0 aromatic heterocycles. The van der Waals surface area contributed by atoms with Gasteiger partial charge in [0.1, 0.15) is 0 Å². The Morgan fingerprint density at radius 3 is 2.56 bits per heavy atom. The molecular weight excluding hydrogens is 224 g/mol. The summed E-state index contributed by atoms with van der Waals surface area (Å²) in [5, 5.41) is 3.17. The minimum atomic E-state index is 0.207. The average Bonchev–Trinajstić information content (AvgIpc) is 2.75. The molecule has 2 fully saturated rings. The van der Waals surface area contributed by atoms with Crippen LogP contribution >= 0.6 is 0 Å². The van der Waals surface area contributed by atoms with E-state index in [1.807, 2.05) is 0 Å². The lowest BCUT2D eigenvalue weighted by molar-refractivity contribution is -0.126. The second kappa shape index (κ2) is 6.05. The third kappa shape index (κ3) is 3.47. The van der Waals surface area contributed by atoms with Gasteiger partial charge in [-0.2, -0.15) is 0 Å². The van der Waals surface area contributed by atoms with Crippen LogP contribution in [0.25, 0.3) is 0 Å². The third-order valence-electron chi connectivity index (χ3n) is 4.97. The van der Waals surface area contributed by atoms with Crippen LogP contribution in [0, 0.1) is 23.7 Å². The molecule has 0 aromatic carbocycles. The molecule has 2 aliphatic carbocycles. The lowest BCUT2D eigenvalue weighted by atomic mass is 9.79. The number of rotatable bonds is 3. The maximum atomic E-state index is 12.1. The predicted molar refractivity (Wildman–Crippen MR) is 74.0 cm³/mol. The predicted octanol–water partition coefficient (Wildman–Crippen LogP) is 2.30. The maximum Gasteiger partial charge on any atom is 0.223 e. The van der Waals surface area contributed by atoms with E-state index in [1.165, 1.54) is 19.3 Å². The van der Waals surface area contributed by atoms with Gasteiger partial charge in [-0.25, -0.2) is 0 Å². The molecule has 0 heterocycles. The smallest absolute Gasteiger partial charge is 0.223 e. The Kier molecular flexibility index (Phi) is 4.66. The summed E-state index contributed by atoms with van der Waals surface area (Å²) in [6.45, 7) is 5.37. The van der Waals surface area contributed by atoms with E-state index in [4.69, 9.17) is 5.73 Å². The molecule has 3 N–H and O–H groups in total. The Morgan fingerprint density at radius 1 is 1.17 bits per heavy atom. The number of nitrogens with two attached hydrogens (primary N) is 1. The lowest BCUT2D eigenvalue weighted by Gasteiger charge is -2.31. The first-order valence-electron chi connectivity index (χ1n) is 7.59. The maximum absolute atomic E-state index is 12.1. The summed E-state index contributed by atoms with van der Waals surface area (Å²) in [6.07, 6.45) is 6.83. The molecule has 0 bridgehead atoms. The fourth-order valence-electron chi connectivity index (χ4n) is 3.56. The molecule has 2 saturated carbocycles. The number of nitrogens with one attached hydrogen (secondary N) is 1. The number of carbonyl (C=O) groups excluding carboxylic acids is 1. The molecule has 0 aromatic rings. The SMILES string of the molecule is CC1CCC(CNC(=O)C2CCC(N)C(C)C2)C1. The largest absolute Gasteiger partial charge is 0.356 e. The second-order valence-corrected chi connectivity index (χ2v) is 6.68. The summed E-state index contributed by atoms with van der Waals surface area (Å²) in [5.74, 6) is 2.53. The van der Waals surface area contributed by atoms with Crippen molar-refractivity contribution in [2.75, 3.05) is 6.54 Å². The van der Waals surface area contributed by atoms with E-state index < -0.39 is 0 Å². The van der Waals surface area contributed by atoms with Crippen molar-refractivity contribution in [2.24, 2.45) is 29.4 Å². The van der Waals surface area contributed by atoms with Gasteiger partial charge in [0.05, 0.1) is 0 Å². The third-order valence-corrected chi connectivity index (χ3v) is 4.97.